The largest absolute Gasteiger partial charge is 0.451 e. The molecule has 0 saturated carbocycles. The van der Waals surface area contributed by atoms with Gasteiger partial charge in [0.1, 0.15) is 12.5 Å². The van der Waals surface area contributed by atoms with Crippen LogP contribution in [0.3, 0.4) is 0 Å². The molecular weight excluding hydrogens is 512 g/mol. The lowest BCUT2D eigenvalue weighted by Gasteiger charge is -2.25. The summed E-state index contributed by atoms with van der Waals surface area (Å²) in [7, 11) is -5.36. The Bertz CT molecular complexity index is 856. The van der Waals surface area contributed by atoms with Gasteiger partial charge in [-0.3, -0.25) is 0 Å². The van der Waals surface area contributed by atoms with E-state index in [0.29, 0.717) is 6.61 Å². The molecule has 1 aromatic carbocycles. The highest BCUT2D eigenvalue weighted by Crippen LogP contribution is 2.35. The monoisotopic (exact) mass is 531 g/mol. The molecule has 10 heteroatoms. The molecule has 0 radical (unpaired) electrons. The van der Waals surface area contributed by atoms with Gasteiger partial charge in [0.15, 0.2) is 0 Å². The van der Waals surface area contributed by atoms with Crippen LogP contribution < -0.4 is 4.31 Å². The van der Waals surface area contributed by atoms with Crippen LogP contribution >= 0.6 is 34.2 Å². The van der Waals surface area contributed by atoms with Crippen LogP contribution in [0.5, 0.6) is 0 Å². The number of furan rings is 1. The van der Waals surface area contributed by atoms with Crippen molar-refractivity contribution in [1.82, 2.24) is 0 Å². The van der Waals surface area contributed by atoms with Gasteiger partial charge in [-0.25, -0.2) is 8.70 Å². The van der Waals surface area contributed by atoms with E-state index in [9.17, 15) is 12.8 Å². The minimum Gasteiger partial charge on any atom is -0.451 e. The second-order valence-corrected chi connectivity index (χ2v) is 15.7. The van der Waals surface area contributed by atoms with Gasteiger partial charge in [0.25, 0.3) is 10.0 Å². The first-order chi connectivity index (χ1) is 12.0. The zero-order valence-electron chi connectivity index (χ0n) is 14.6. The summed E-state index contributed by atoms with van der Waals surface area (Å²) in [5, 5.41) is -0.226. The van der Waals surface area contributed by atoms with Gasteiger partial charge in [-0.05, 0) is 52.9 Å². The predicted octanol–water partition coefficient (Wildman–Crippen LogP) is 5.18. The molecule has 1 heterocycles. The number of ether oxygens (including phenoxy) is 1. The molecule has 2 aromatic rings. The van der Waals surface area contributed by atoms with Crippen LogP contribution in [0.4, 0.5) is 10.1 Å². The number of anilines is 1. The Morgan fingerprint density at radius 3 is 2.58 bits per heavy atom. The van der Waals surface area contributed by atoms with Crippen molar-refractivity contribution in [3.05, 3.63) is 44.9 Å². The molecule has 144 valence electrons. The zero-order valence-corrected chi connectivity index (χ0v) is 19.4. The highest BCUT2D eigenvalue weighted by molar-refractivity contribution is 14.1. The summed E-state index contributed by atoms with van der Waals surface area (Å²) in [6.45, 7) is 6.79. The molecule has 0 aliphatic rings. The molecule has 0 aliphatic carbocycles. The Balaban J connectivity index is 2.35. The van der Waals surface area contributed by atoms with Gasteiger partial charge in [-0.1, -0.05) is 31.2 Å². The smallest absolute Gasteiger partial charge is 0.299 e. The number of benzene rings is 1. The van der Waals surface area contributed by atoms with Crippen molar-refractivity contribution in [2.45, 2.75) is 30.8 Å². The molecule has 1 aromatic heterocycles. The summed E-state index contributed by atoms with van der Waals surface area (Å²) in [6, 6.07) is 6.20. The topological polar surface area (TPSA) is 59.8 Å². The summed E-state index contributed by atoms with van der Waals surface area (Å²) >= 11 is 7.95. The van der Waals surface area contributed by atoms with Crippen molar-refractivity contribution in [1.29, 1.82) is 0 Å². The SMILES string of the molecule is C[Si](C)(C)CCOCN(c1ccc(F)c(I)c1Cl)S(=O)(=O)c1ccco1. The molecule has 0 atom stereocenters. The predicted molar refractivity (Wildman–Crippen MR) is 111 cm³/mol. The number of hydrogen-bond donors (Lipinski definition) is 0. The van der Waals surface area contributed by atoms with Crippen molar-refractivity contribution < 1.29 is 22.0 Å². The summed E-state index contributed by atoms with van der Waals surface area (Å²) in [5.74, 6) is -0.519. The van der Waals surface area contributed by atoms with E-state index in [1.54, 1.807) is 22.6 Å². The standard InChI is InChI=1S/C16H20ClFINO4SSi/c1-26(2,3)10-9-23-11-20(25(21,22)14-5-4-8-24-14)13-7-6-12(18)16(19)15(13)17/h4-8H,9-11H2,1-3H3. The Morgan fingerprint density at radius 2 is 2.00 bits per heavy atom. The van der Waals surface area contributed by atoms with Crippen LogP contribution in [0.1, 0.15) is 0 Å². The number of sulfonamides is 1. The lowest BCUT2D eigenvalue weighted by molar-refractivity contribution is 0.156. The molecule has 0 amide bonds. The first-order valence-electron chi connectivity index (χ1n) is 7.81. The van der Waals surface area contributed by atoms with Gasteiger partial charge >= 0.3 is 0 Å². The van der Waals surface area contributed by atoms with Crippen LogP contribution in [0, 0.1) is 9.39 Å². The molecular formula is C16H20ClFINO4SSi. The van der Waals surface area contributed by atoms with Crippen molar-refractivity contribution in [2.24, 2.45) is 0 Å². The van der Waals surface area contributed by atoms with Crippen LogP contribution in [-0.4, -0.2) is 29.8 Å². The fourth-order valence-corrected chi connectivity index (χ4v) is 4.81. The summed E-state index contributed by atoms with van der Waals surface area (Å²) < 4.78 is 51.4. The highest BCUT2D eigenvalue weighted by atomic mass is 127. The molecule has 0 N–H and O–H groups in total. The molecule has 0 bridgehead atoms. The van der Waals surface area contributed by atoms with E-state index >= 15 is 0 Å². The molecule has 26 heavy (non-hydrogen) atoms. The molecule has 5 nitrogen and oxygen atoms in total. The average Bonchev–Trinajstić information content (AvgIpc) is 3.08. The maximum absolute atomic E-state index is 13.7. The van der Waals surface area contributed by atoms with Crippen LogP contribution in [-0.2, 0) is 14.8 Å². The van der Waals surface area contributed by atoms with Gasteiger partial charge in [0.05, 0.1) is 20.5 Å². The first-order valence-corrected chi connectivity index (χ1v) is 14.4. The highest BCUT2D eigenvalue weighted by Gasteiger charge is 2.30. The second kappa shape index (κ2) is 8.59. The van der Waals surface area contributed by atoms with E-state index in [0.717, 1.165) is 10.3 Å². The fourth-order valence-electron chi connectivity index (χ4n) is 2.02. The minimum absolute atomic E-state index is 0.00882. The van der Waals surface area contributed by atoms with Crippen LogP contribution in [0.2, 0.25) is 30.7 Å². The van der Waals surface area contributed by atoms with Crippen molar-refractivity contribution in [3.63, 3.8) is 0 Å². The number of hydrogen-bond acceptors (Lipinski definition) is 4. The maximum Gasteiger partial charge on any atom is 0.299 e. The molecule has 0 unspecified atom stereocenters. The lowest BCUT2D eigenvalue weighted by Crippen LogP contribution is -2.34. The van der Waals surface area contributed by atoms with E-state index in [-0.39, 0.29) is 26.1 Å². The molecule has 0 saturated heterocycles. The summed E-state index contributed by atoms with van der Waals surface area (Å²) in [5.41, 5.74) is 0.141. The van der Waals surface area contributed by atoms with Crippen molar-refractivity contribution >= 4 is 58.0 Å². The zero-order chi connectivity index (χ0) is 19.5. The van der Waals surface area contributed by atoms with Gasteiger partial charge in [0, 0.05) is 14.7 Å². The third-order valence-electron chi connectivity index (χ3n) is 3.53. The summed E-state index contributed by atoms with van der Waals surface area (Å²) in [6.07, 6.45) is 1.27. The number of nitrogens with zero attached hydrogens (tertiary/aromatic N) is 1. The lowest BCUT2D eigenvalue weighted by atomic mass is 10.3. The quantitative estimate of drug-likeness (QED) is 0.155. The van der Waals surface area contributed by atoms with E-state index in [2.05, 4.69) is 19.6 Å². The van der Waals surface area contributed by atoms with Gasteiger partial charge in [0.2, 0.25) is 5.09 Å². The molecule has 2 rings (SSSR count). The fraction of sp³-hybridized carbons (Fsp3) is 0.375. The van der Waals surface area contributed by atoms with E-state index < -0.39 is 23.9 Å². The van der Waals surface area contributed by atoms with Crippen LogP contribution in [0.25, 0.3) is 0 Å². The molecule has 0 fully saturated rings. The van der Waals surface area contributed by atoms with E-state index in [1.807, 2.05) is 0 Å². The summed E-state index contributed by atoms with van der Waals surface area (Å²) in [4.78, 5) is 0. The number of halogens is 3. The maximum atomic E-state index is 13.7. The Morgan fingerprint density at radius 1 is 1.31 bits per heavy atom. The van der Waals surface area contributed by atoms with Crippen molar-refractivity contribution in [2.75, 3.05) is 17.6 Å². The Labute approximate surface area is 172 Å². The molecule has 0 aliphatic heterocycles. The van der Waals surface area contributed by atoms with Gasteiger partial charge in [-0.15, -0.1) is 0 Å². The number of rotatable bonds is 8. The third-order valence-corrected chi connectivity index (χ3v) is 8.61. The minimum atomic E-state index is -4.04. The van der Waals surface area contributed by atoms with E-state index in [4.69, 9.17) is 20.8 Å². The van der Waals surface area contributed by atoms with E-state index in [1.165, 1.54) is 30.5 Å². The van der Waals surface area contributed by atoms with Crippen molar-refractivity contribution in [3.8, 4) is 0 Å². The molecule has 0 spiro atoms. The first kappa shape index (κ1) is 21.7. The van der Waals surface area contributed by atoms with Crippen LogP contribution in [0.15, 0.2) is 40.0 Å². The van der Waals surface area contributed by atoms with Gasteiger partial charge < -0.3 is 9.15 Å². The average molecular weight is 532 g/mol. The third kappa shape index (κ3) is 5.21. The second-order valence-electron chi connectivity index (χ2n) is 6.83. The Hall–Kier alpha value is -0.623. The Kier molecular flexibility index (Phi) is 7.16. The van der Waals surface area contributed by atoms with Gasteiger partial charge in [-0.2, -0.15) is 8.42 Å². The normalized spacial score (nSPS) is 12.4.